The van der Waals surface area contributed by atoms with E-state index in [9.17, 15) is 13.6 Å². The Kier molecular flexibility index (Phi) is 5.33. The molecule has 0 saturated carbocycles. The molecule has 0 amide bonds. The van der Waals surface area contributed by atoms with Crippen LogP contribution >= 0.6 is 0 Å². The molecule has 0 aromatic heterocycles. The molecule has 2 nitrogen and oxygen atoms in total. The molecule has 0 saturated heterocycles. The molecule has 0 bridgehead atoms. The van der Waals surface area contributed by atoms with Crippen LogP contribution in [0.5, 0.6) is 0 Å². The number of hydrogen-bond acceptors (Lipinski definition) is 2. The summed E-state index contributed by atoms with van der Waals surface area (Å²) in [4.78, 5) is 11.2. The first-order valence-electron chi connectivity index (χ1n) is 5.44. The van der Waals surface area contributed by atoms with Gasteiger partial charge in [-0.3, -0.25) is 0 Å². The van der Waals surface area contributed by atoms with Gasteiger partial charge in [-0.2, -0.15) is 0 Å². The number of carbonyl (C=O) groups is 1. The Morgan fingerprint density at radius 1 is 1.35 bits per heavy atom. The fraction of sp³-hybridized carbons (Fsp3) is 0.308. The van der Waals surface area contributed by atoms with Crippen LogP contribution in [0.3, 0.4) is 0 Å². The van der Waals surface area contributed by atoms with Crippen molar-refractivity contribution in [2.45, 2.75) is 19.8 Å². The first kappa shape index (κ1) is 13.4. The van der Waals surface area contributed by atoms with Crippen LogP contribution in [0.2, 0.25) is 0 Å². The summed E-state index contributed by atoms with van der Waals surface area (Å²) >= 11 is 0. The molecule has 0 unspecified atom stereocenters. The average Bonchev–Trinajstić information content (AvgIpc) is 2.29. The number of rotatable bonds is 5. The number of hydrogen-bond donors (Lipinski definition) is 0. The van der Waals surface area contributed by atoms with Gasteiger partial charge in [0, 0.05) is 11.6 Å². The summed E-state index contributed by atoms with van der Waals surface area (Å²) in [6, 6.07) is 3.53. The van der Waals surface area contributed by atoms with Gasteiger partial charge in [0.1, 0.15) is 11.6 Å². The van der Waals surface area contributed by atoms with Crippen LogP contribution in [0.25, 0.3) is 6.08 Å². The molecular formula is C13H14F2O2. The third-order valence-corrected chi connectivity index (χ3v) is 2.13. The van der Waals surface area contributed by atoms with Gasteiger partial charge in [-0.1, -0.05) is 19.4 Å². The fourth-order valence-electron chi connectivity index (χ4n) is 1.19. The molecule has 0 radical (unpaired) electrons. The monoisotopic (exact) mass is 240 g/mol. The lowest BCUT2D eigenvalue weighted by molar-refractivity contribution is -0.137. The van der Waals surface area contributed by atoms with E-state index in [1.165, 1.54) is 6.07 Å². The second-order valence-corrected chi connectivity index (χ2v) is 3.49. The zero-order valence-corrected chi connectivity index (χ0v) is 9.58. The van der Waals surface area contributed by atoms with Crippen molar-refractivity contribution in [3.63, 3.8) is 0 Å². The molecule has 1 aromatic carbocycles. The maximum absolute atomic E-state index is 13.2. The standard InChI is InChI=1S/C13H14F2O2/c1-2-3-9-17-13(16)8-7-10-11(14)5-4-6-12(10)15/h4-8H,2-3,9H2,1H3/b8-7+. The van der Waals surface area contributed by atoms with Crippen molar-refractivity contribution in [3.8, 4) is 0 Å². The summed E-state index contributed by atoms with van der Waals surface area (Å²) in [5.41, 5.74) is -0.236. The second-order valence-electron chi connectivity index (χ2n) is 3.49. The molecule has 17 heavy (non-hydrogen) atoms. The SMILES string of the molecule is CCCCOC(=O)/C=C/c1c(F)cccc1F. The Balaban J connectivity index is 2.61. The highest BCUT2D eigenvalue weighted by molar-refractivity contribution is 5.87. The predicted octanol–water partition coefficient (Wildman–Crippen LogP) is 3.32. The molecule has 0 N–H and O–H groups in total. The van der Waals surface area contributed by atoms with E-state index in [1.807, 2.05) is 6.92 Å². The van der Waals surface area contributed by atoms with Crippen molar-refractivity contribution in [1.29, 1.82) is 0 Å². The van der Waals surface area contributed by atoms with Crippen LogP contribution < -0.4 is 0 Å². The van der Waals surface area contributed by atoms with Gasteiger partial charge in [0.15, 0.2) is 0 Å². The molecule has 0 spiro atoms. The van der Waals surface area contributed by atoms with Gasteiger partial charge in [-0.25, -0.2) is 13.6 Å². The van der Waals surface area contributed by atoms with Gasteiger partial charge in [0.05, 0.1) is 6.61 Å². The van der Waals surface area contributed by atoms with E-state index >= 15 is 0 Å². The summed E-state index contributed by atoms with van der Waals surface area (Å²) in [5, 5.41) is 0. The number of ether oxygens (including phenoxy) is 1. The normalized spacial score (nSPS) is 10.8. The Morgan fingerprint density at radius 2 is 2.00 bits per heavy atom. The molecule has 0 aliphatic rings. The Bertz CT molecular complexity index is 394. The molecule has 0 aliphatic carbocycles. The molecule has 0 aliphatic heterocycles. The number of carbonyl (C=O) groups excluding carboxylic acids is 1. The second kappa shape index (κ2) is 6.78. The zero-order chi connectivity index (χ0) is 12.7. The predicted molar refractivity (Wildman–Crippen MR) is 61.3 cm³/mol. The zero-order valence-electron chi connectivity index (χ0n) is 9.58. The summed E-state index contributed by atoms with van der Waals surface area (Å²) in [7, 11) is 0. The maximum atomic E-state index is 13.2. The molecular weight excluding hydrogens is 226 g/mol. The van der Waals surface area contributed by atoms with Crippen LogP contribution in [0.4, 0.5) is 8.78 Å². The van der Waals surface area contributed by atoms with Gasteiger partial charge in [0.25, 0.3) is 0 Å². The van der Waals surface area contributed by atoms with Gasteiger partial charge < -0.3 is 4.74 Å². The third-order valence-electron chi connectivity index (χ3n) is 2.13. The van der Waals surface area contributed by atoms with Gasteiger partial charge >= 0.3 is 5.97 Å². The lowest BCUT2D eigenvalue weighted by Gasteiger charge is -2.00. The molecule has 0 heterocycles. The van der Waals surface area contributed by atoms with Crippen molar-refractivity contribution in [2.75, 3.05) is 6.61 Å². The van der Waals surface area contributed by atoms with Crippen LogP contribution in [-0.4, -0.2) is 12.6 Å². The lowest BCUT2D eigenvalue weighted by Crippen LogP contribution is -2.02. The van der Waals surface area contributed by atoms with Gasteiger partial charge in [-0.15, -0.1) is 0 Å². The average molecular weight is 240 g/mol. The highest BCUT2D eigenvalue weighted by atomic mass is 19.1. The van der Waals surface area contributed by atoms with Gasteiger partial charge in [-0.05, 0) is 24.6 Å². The van der Waals surface area contributed by atoms with Crippen molar-refractivity contribution in [2.24, 2.45) is 0 Å². The van der Waals surface area contributed by atoms with E-state index in [0.29, 0.717) is 6.61 Å². The minimum atomic E-state index is -0.706. The van der Waals surface area contributed by atoms with E-state index in [1.54, 1.807) is 0 Å². The molecule has 0 fully saturated rings. The van der Waals surface area contributed by atoms with Crippen LogP contribution in [0, 0.1) is 11.6 Å². The van der Waals surface area contributed by atoms with E-state index in [2.05, 4.69) is 0 Å². The fourth-order valence-corrected chi connectivity index (χ4v) is 1.19. The maximum Gasteiger partial charge on any atom is 0.330 e. The van der Waals surface area contributed by atoms with Crippen molar-refractivity contribution >= 4 is 12.0 Å². The van der Waals surface area contributed by atoms with Crippen molar-refractivity contribution < 1.29 is 18.3 Å². The topological polar surface area (TPSA) is 26.3 Å². The largest absolute Gasteiger partial charge is 0.463 e. The smallest absolute Gasteiger partial charge is 0.330 e. The molecule has 1 rings (SSSR count). The molecule has 1 aromatic rings. The summed E-state index contributed by atoms with van der Waals surface area (Å²) in [6.45, 7) is 2.29. The summed E-state index contributed by atoms with van der Waals surface area (Å²) in [5.74, 6) is -2.01. The van der Waals surface area contributed by atoms with E-state index < -0.39 is 17.6 Å². The van der Waals surface area contributed by atoms with Crippen molar-refractivity contribution in [3.05, 3.63) is 41.5 Å². The van der Waals surface area contributed by atoms with Crippen LogP contribution in [-0.2, 0) is 9.53 Å². The van der Waals surface area contributed by atoms with Crippen LogP contribution in [0.1, 0.15) is 25.3 Å². The van der Waals surface area contributed by atoms with E-state index in [4.69, 9.17) is 4.74 Å². The molecule has 0 atom stereocenters. The molecule has 4 heteroatoms. The number of unbranched alkanes of at least 4 members (excludes halogenated alkanes) is 1. The summed E-state index contributed by atoms with van der Waals surface area (Å²) in [6.07, 6.45) is 3.79. The number of esters is 1. The molecule has 92 valence electrons. The highest BCUT2D eigenvalue weighted by Gasteiger charge is 2.05. The number of benzene rings is 1. The Hall–Kier alpha value is -1.71. The lowest BCUT2D eigenvalue weighted by atomic mass is 10.2. The third kappa shape index (κ3) is 4.34. The highest BCUT2D eigenvalue weighted by Crippen LogP contribution is 2.13. The Morgan fingerprint density at radius 3 is 2.59 bits per heavy atom. The minimum absolute atomic E-state index is 0.236. The van der Waals surface area contributed by atoms with Crippen LogP contribution in [0.15, 0.2) is 24.3 Å². The van der Waals surface area contributed by atoms with E-state index in [-0.39, 0.29) is 5.56 Å². The first-order chi connectivity index (χ1) is 8.15. The Labute approximate surface area is 98.9 Å². The van der Waals surface area contributed by atoms with Gasteiger partial charge in [0.2, 0.25) is 0 Å². The minimum Gasteiger partial charge on any atom is -0.463 e. The van der Waals surface area contributed by atoms with Crippen molar-refractivity contribution in [1.82, 2.24) is 0 Å². The number of halogens is 2. The summed E-state index contributed by atoms with van der Waals surface area (Å²) < 4.78 is 31.1. The quantitative estimate of drug-likeness (QED) is 0.448. The van der Waals surface area contributed by atoms with E-state index in [0.717, 1.165) is 37.1 Å². The first-order valence-corrected chi connectivity index (χ1v) is 5.44.